The Bertz CT molecular complexity index is 455. The van der Waals surface area contributed by atoms with Crippen molar-refractivity contribution in [3.05, 3.63) is 0 Å². The quantitative estimate of drug-likeness (QED) is 0.138. The molecule has 4 atom stereocenters. The maximum atomic E-state index is 8.78. The van der Waals surface area contributed by atoms with Crippen LogP contribution < -0.4 is 0 Å². The molecule has 0 fully saturated rings. The molecule has 0 aromatic heterocycles. The zero-order chi connectivity index (χ0) is 23.6. The highest BCUT2D eigenvalue weighted by atomic mass is 32.3. The Hall–Kier alpha value is -0.540. The van der Waals surface area contributed by atoms with Gasteiger partial charge >= 0.3 is 20.8 Å². The van der Waals surface area contributed by atoms with Gasteiger partial charge in [0.15, 0.2) is 12.6 Å². The molecular weight excluding hydrogens is 448 g/mol. The highest BCUT2D eigenvalue weighted by Crippen LogP contribution is 1.99. The molecule has 4 unspecified atom stereocenters. The second-order valence-corrected chi connectivity index (χ2v) is 6.78. The van der Waals surface area contributed by atoms with Gasteiger partial charge in [-0.25, -0.2) is 0 Å². The van der Waals surface area contributed by atoms with Crippen molar-refractivity contribution in [3.8, 4) is 0 Å². The first-order valence-corrected chi connectivity index (χ1v) is 10.5. The molecule has 184 valence electrons. The summed E-state index contributed by atoms with van der Waals surface area (Å²) in [5, 5.41) is 34.9. The maximum Gasteiger partial charge on any atom is 0.394 e. The molecular formula is C12H34O15S2. The van der Waals surface area contributed by atoms with E-state index in [-0.39, 0.29) is 5.48 Å². The molecule has 0 saturated carbocycles. The second-order valence-electron chi connectivity index (χ2n) is 4.99. The van der Waals surface area contributed by atoms with Crippen LogP contribution in [0.25, 0.3) is 0 Å². The van der Waals surface area contributed by atoms with Gasteiger partial charge in [0, 0.05) is 0 Å². The molecule has 0 rings (SSSR count). The van der Waals surface area contributed by atoms with Crippen LogP contribution in [0.3, 0.4) is 0 Å². The summed E-state index contributed by atoms with van der Waals surface area (Å²) in [6, 6.07) is 0. The first-order chi connectivity index (χ1) is 12.3. The van der Waals surface area contributed by atoms with Crippen molar-refractivity contribution in [2.75, 3.05) is 13.2 Å². The Balaban J connectivity index is -0.0000000907. The number of hydrogen-bond donors (Lipinski definition) is 8. The molecule has 0 aliphatic rings. The van der Waals surface area contributed by atoms with Crippen LogP contribution in [0.4, 0.5) is 0 Å². The van der Waals surface area contributed by atoms with E-state index in [0.29, 0.717) is 26.1 Å². The van der Waals surface area contributed by atoms with E-state index in [1.807, 2.05) is 0 Å². The number of aliphatic hydroxyl groups excluding tert-OH is 4. The number of aliphatic hydroxyl groups is 4. The first-order valence-electron chi connectivity index (χ1n) is 7.68. The van der Waals surface area contributed by atoms with E-state index in [2.05, 4.69) is 4.74 Å². The van der Waals surface area contributed by atoms with Crippen molar-refractivity contribution in [1.82, 2.24) is 0 Å². The van der Waals surface area contributed by atoms with E-state index >= 15 is 0 Å². The third-order valence-corrected chi connectivity index (χ3v) is 1.73. The summed E-state index contributed by atoms with van der Waals surface area (Å²) < 4.78 is 72.7. The lowest BCUT2D eigenvalue weighted by atomic mass is 10.4. The molecule has 0 aromatic carbocycles. The highest BCUT2D eigenvalue weighted by molar-refractivity contribution is 7.80. The van der Waals surface area contributed by atoms with Crippen LogP contribution in [0.15, 0.2) is 0 Å². The van der Waals surface area contributed by atoms with Crippen LogP contribution in [0.2, 0.25) is 0 Å². The van der Waals surface area contributed by atoms with E-state index in [1.165, 1.54) is 0 Å². The van der Waals surface area contributed by atoms with Gasteiger partial charge < -0.3 is 35.4 Å². The molecule has 10 N–H and O–H groups in total. The van der Waals surface area contributed by atoms with Crippen LogP contribution in [0, 0.1) is 0 Å². The number of rotatable bonds is 8. The fraction of sp³-hybridized carbons (Fsp3) is 1.00. The largest absolute Gasteiger partial charge is 0.412 e. The Morgan fingerprint density at radius 1 is 0.690 bits per heavy atom. The van der Waals surface area contributed by atoms with Gasteiger partial charge in [0.05, 0.1) is 25.4 Å². The van der Waals surface area contributed by atoms with Crippen molar-refractivity contribution in [2.45, 2.75) is 65.3 Å². The van der Waals surface area contributed by atoms with Crippen molar-refractivity contribution in [3.63, 3.8) is 0 Å². The lowest BCUT2D eigenvalue weighted by Crippen LogP contribution is -2.19. The minimum atomic E-state index is -4.67. The summed E-state index contributed by atoms with van der Waals surface area (Å²) in [7, 11) is -9.33. The van der Waals surface area contributed by atoms with E-state index in [9.17, 15) is 0 Å². The van der Waals surface area contributed by atoms with Crippen molar-refractivity contribution >= 4 is 20.8 Å². The summed E-state index contributed by atoms with van der Waals surface area (Å²) in [4.78, 5) is 0. The number of hydrogen-bond acceptors (Lipinski definition) is 10. The lowest BCUT2D eigenvalue weighted by Gasteiger charge is -2.13. The van der Waals surface area contributed by atoms with Gasteiger partial charge in [0.25, 0.3) is 0 Å². The van der Waals surface area contributed by atoms with Crippen molar-refractivity contribution in [1.29, 1.82) is 0 Å². The SMILES string of the molecule is CC(O)COCC(C)O.CCC(O)OC(O)CC.O.O=S(=O)(O)O.O=S(=O)(O)O. The monoisotopic (exact) mass is 482 g/mol. The van der Waals surface area contributed by atoms with Crippen LogP contribution in [0.5, 0.6) is 0 Å². The molecule has 15 nitrogen and oxygen atoms in total. The van der Waals surface area contributed by atoms with Gasteiger partial charge in [-0.05, 0) is 26.7 Å². The summed E-state index contributed by atoms with van der Waals surface area (Å²) in [6.07, 6.45) is -1.50. The molecule has 0 amide bonds. The minimum absolute atomic E-state index is 0. The van der Waals surface area contributed by atoms with Gasteiger partial charge in [-0.1, -0.05) is 13.8 Å². The number of ether oxygens (including phenoxy) is 2. The van der Waals surface area contributed by atoms with E-state index in [4.69, 9.17) is 60.2 Å². The van der Waals surface area contributed by atoms with Crippen LogP contribution >= 0.6 is 0 Å². The summed E-state index contributed by atoms with van der Waals surface area (Å²) in [6.45, 7) is 7.44. The third-order valence-electron chi connectivity index (χ3n) is 1.73. The first kappa shape index (κ1) is 39.0. The van der Waals surface area contributed by atoms with E-state index in [1.54, 1.807) is 27.7 Å². The zero-order valence-electron chi connectivity index (χ0n) is 16.5. The fourth-order valence-corrected chi connectivity index (χ4v) is 0.783. The minimum Gasteiger partial charge on any atom is -0.412 e. The highest BCUT2D eigenvalue weighted by Gasteiger charge is 2.05. The molecule has 0 aromatic rings. The van der Waals surface area contributed by atoms with E-state index < -0.39 is 45.6 Å². The fourth-order valence-electron chi connectivity index (χ4n) is 0.783. The normalized spacial score (nSPS) is 14.8. The van der Waals surface area contributed by atoms with Gasteiger partial charge in [-0.15, -0.1) is 0 Å². The van der Waals surface area contributed by atoms with Crippen LogP contribution in [-0.4, -0.2) is 99.0 Å². The average molecular weight is 483 g/mol. The summed E-state index contributed by atoms with van der Waals surface area (Å²) in [5.74, 6) is 0. The second kappa shape index (κ2) is 22.2. The Kier molecular flexibility index (Phi) is 29.8. The molecule has 0 aliphatic heterocycles. The molecule has 17 heteroatoms. The predicted molar refractivity (Wildman–Crippen MR) is 99.8 cm³/mol. The van der Waals surface area contributed by atoms with Crippen molar-refractivity contribution < 1.29 is 70.4 Å². The molecule has 0 heterocycles. The average Bonchev–Trinajstić information content (AvgIpc) is 2.43. The zero-order valence-corrected chi connectivity index (χ0v) is 18.1. The van der Waals surface area contributed by atoms with Crippen molar-refractivity contribution in [2.24, 2.45) is 0 Å². The summed E-state index contributed by atoms with van der Waals surface area (Å²) in [5.41, 5.74) is 0. The van der Waals surface area contributed by atoms with Gasteiger partial charge in [-0.3, -0.25) is 18.2 Å². The topological polar surface area (TPSA) is 280 Å². The molecule has 0 aliphatic carbocycles. The predicted octanol–water partition coefficient (Wildman–Crippen LogP) is -1.91. The Morgan fingerprint density at radius 2 is 0.897 bits per heavy atom. The smallest absolute Gasteiger partial charge is 0.394 e. The standard InChI is InChI=1S/2C6H14O3.2H2O4S.H2O/c1-5(7)3-9-4-6(2)8;1-3-5(7)9-6(8)4-2;2*1-5(2,3)4;/h2*5-8H,3-4H2,1-2H3;2*(H2,1,2,3,4);1H2. The molecule has 0 radical (unpaired) electrons. The van der Waals surface area contributed by atoms with Gasteiger partial charge in [0.2, 0.25) is 0 Å². The van der Waals surface area contributed by atoms with Crippen LogP contribution in [-0.2, 0) is 30.3 Å². The van der Waals surface area contributed by atoms with E-state index in [0.717, 1.165) is 0 Å². The lowest BCUT2D eigenvalue weighted by molar-refractivity contribution is -0.208. The van der Waals surface area contributed by atoms with Gasteiger partial charge in [0.1, 0.15) is 0 Å². The molecule has 0 saturated heterocycles. The van der Waals surface area contributed by atoms with Gasteiger partial charge in [-0.2, -0.15) is 16.8 Å². The third kappa shape index (κ3) is 98.2. The molecule has 29 heavy (non-hydrogen) atoms. The Labute approximate surface area is 170 Å². The molecule has 0 bridgehead atoms. The molecule has 0 spiro atoms. The summed E-state index contributed by atoms with van der Waals surface area (Å²) >= 11 is 0. The Morgan fingerprint density at radius 3 is 1.03 bits per heavy atom. The van der Waals surface area contributed by atoms with Crippen LogP contribution in [0.1, 0.15) is 40.5 Å². The maximum absolute atomic E-state index is 8.78.